The maximum absolute atomic E-state index is 11.3. The lowest BCUT2D eigenvalue weighted by molar-refractivity contribution is 0.193. The van der Waals surface area contributed by atoms with Gasteiger partial charge in [0.25, 0.3) is 0 Å². The van der Waals surface area contributed by atoms with Crippen molar-refractivity contribution in [2.24, 2.45) is 0 Å². The first-order valence-electron chi connectivity index (χ1n) is 4.21. The molecule has 0 radical (unpaired) electrons. The molecule has 0 spiro atoms. The first-order chi connectivity index (χ1) is 5.55. The van der Waals surface area contributed by atoms with Crippen molar-refractivity contribution in [2.45, 2.75) is 30.7 Å². The first-order valence-corrected chi connectivity index (χ1v) is 5.26. The highest BCUT2D eigenvalue weighted by Gasteiger charge is 2.53. The molecule has 0 saturated carbocycles. The molecule has 1 unspecified atom stereocenters. The summed E-state index contributed by atoms with van der Waals surface area (Å²) < 4.78 is 0. The Morgan fingerprint density at radius 3 is 3.00 bits per heavy atom. The van der Waals surface area contributed by atoms with Crippen LogP contribution in [-0.4, -0.2) is 40.6 Å². The number of urea groups is 1. The lowest BCUT2D eigenvalue weighted by Crippen LogP contribution is -2.48. The van der Waals surface area contributed by atoms with E-state index in [9.17, 15) is 4.79 Å². The second-order valence-corrected chi connectivity index (χ2v) is 5.23. The van der Waals surface area contributed by atoms with Crippen LogP contribution in [-0.2, 0) is 0 Å². The molecule has 2 fully saturated rings. The highest BCUT2D eigenvalue weighted by molar-refractivity contribution is 8.00. The van der Waals surface area contributed by atoms with Gasteiger partial charge in [0.1, 0.15) is 0 Å². The van der Waals surface area contributed by atoms with E-state index >= 15 is 0 Å². The average Bonchev–Trinajstić information content (AvgIpc) is 2.42. The predicted molar refractivity (Wildman–Crippen MR) is 50.4 cm³/mol. The Bertz CT molecular complexity index is 233. The number of fused-ring (bicyclic) bond motifs is 1. The molecule has 2 amide bonds. The van der Waals surface area contributed by atoms with Crippen molar-refractivity contribution in [1.82, 2.24) is 10.2 Å². The number of nitrogens with one attached hydrogen (secondary N) is 1. The zero-order valence-electron chi connectivity index (χ0n) is 7.63. The maximum Gasteiger partial charge on any atom is 0.318 e. The molecule has 4 heteroatoms. The molecule has 2 rings (SSSR count). The Kier molecular flexibility index (Phi) is 1.59. The van der Waals surface area contributed by atoms with E-state index in [-0.39, 0.29) is 11.6 Å². The molecule has 1 N–H and O–H groups in total. The zero-order valence-corrected chi connectivity index (χ0v) is 8.44. The molecule has 0 aromatic carbocycles. The molecule has 0 bridgehead atoms. The van der Waals surface area contributed by atoms with E-state index in [4.69, 9.17) is 0 Å². The van der Waals surface area contributed by atoms with Gasteiger partial charge >= 0.3 is 6.03 Å². The third-order valence-electron chi connectivity index (χ3n) is 3.13. The molecule has 3 atom stereocenters. The van der Waals surface area contributed by atoms with Crippen LogP contribution in [0.3, 0.4) is 0 Å². The Morgan fingerprint density at radius 1 is 1.75 bits per heavy atom. The van der Waals surface area contributed by atoms with Gasteiger partial charge in [-0.2, -0.15) is 11.8 Å². The van der Waals surface area contributed by atoms with Crippen molar-refractivity contribution in [3.05, 3.63) is 0 Å². The minimum absolute atomic E-state index is 0.0428. The molecule has 2 aliphatic rings. The summed E-state index contributed by atoms with van der Waals surface area (Å²) in [6.07, 6.45) is 0. The zero-order chi connectivity index (χ0) is 8.93. The number of hydrogen-bond donors (Lipinski definition) is 1. The SMILES string of the molecule is CC1SC[C@]2(C)[C@H]1NC(=O)N2C. The van der Waals surface area contributed by atoms with Gasteiger partial charge in [0.15, 0.2) is 0 Å². The number of carbonyl (C=O) groups excluding carboxylic acids is 1. The molecular weight excluding hydrogens is 172 g/mol. The number of thioether (sulfide) groups is 1. The highest BCUT2D eigenvalue weighted by Crippen LogP contribution is 2.41. The lowest BCUT2D eigenvalue weighted by Gasteiger charge is -2.29. The summed E-state index contributed by atoms with van der Waals surface area (Å²) in [4.78, 5) is 13.2. The Balaban J connectivity index is 2.31. The second kappa shape index (κ2) is 2.31. The van der Waals surface area contributed by atoms with Gasteiger partial charge in [-0.05, 0) is 6.92 Å². The molecule has 12 heavy (non-hydrogen) atoms. The van der Waals surface area contributed by atoms with Gasteiger partial charge in [-0.3, -0.25) is 0 Å². The van der Waals surface area contributed by atoms with Gasteiger partial charge in [-0.1, -0.05) is 6.92 Å². The molecule has 0 aromatic heterocycles. The minimum atomic E-state index is 0.0428. The standard InChI is InChI=1S/C8H14N2OS/c1-5-6-8(2,4-12-5)10(3)7(11)9-6/h5-6H,4H2,1-3H3,(H,9,11)/t5?,6-,8+/m0/s1. The van der Waals surface area contributed by atoms with Crippen LogP contribution >= 0.6 is 11.8 Å². The van der Waals surface area contributed by atoms with Crippen LogP contribution in [0.1, 0.15) is 13.8 Å². The van der Waals surface area contributed by atoms with E-state index < -0.39 is 0 Å². The van der Waals surface area contributed by atoms with E-state index in [0.29, 0.717) is 11.3 Å². The fourth-order valence-corrected chi connectivity index (χ4v) is 3.56. The number of carbonyl (C=O) groups is 1. The van der Waals surface area contributed by atoms with Crippen molar-refractivity contribution < 1.29 is 4.79 Å². The van der Waals surface area contributed by atoms with Crippen LogP contribution in [0.15, 0.2) is 0 Å². The van der Waals surface area contributed by atoms with Gasteiger partial charge in [0, 0.05) is 18.1 Å². The van der Waals surface area contributed by atoms with Gasteiger partial charge in [0.2, 0.25) is 0 Å². The first kappa shape index (κ1) is 8.23. The predicted octanol–water partition coefficient (Wildman–Crippen LogP) is 0.904. The van der Waals surface area contributed by atoms with Crippen molar-refractivity contribution in [3.63, 3.8) is 0 Å². The second-order valence-electron chi connectivity index (χ2n) is 3.86. The molecule has 68 valence electrons. The fraction of sp³-hybridized carbons (Fsp3) is 0.875. The van der Waals surface area contributed by atoms with Crippen LogP contribution in [0.5, 0.6) is 0 Å². The summed E-state index contributed by atoms with van der Waals surface area (Å²) in [6, 6.07) is 0.412. The summed E-state index contributed by atoms with van der Waals surface area (Å²) in [7, 11) is 1.88. The van der Waals surface area contributed by atoms with Gasteiger partial charge in [0.05, 0.1) is 11.6 Å². The monoisotopic (exact) mass is 186 g/mol. The molecule has 2 saturated heterocycles. The Morgan fingerprint density at radius 2 is 2.42 bits per heavy atom. The van der Waals surface area contributed by atoms with Gasteiger partial charge in [-0.25, -0.2) is 4.79 Å². The normalized spacial score (nSPS) is 46.2. The van der Waals surface area contributed by atoms with E-state index in [2.05, 4.69) is 19.2 Å². The van der Waals surface area contributed by atoms with E-state index in [0.717, 1.165) is 5.75 Å². The molecule has 0 aromatic rings. The maximum atomic E-state index is 11.3. The third-order valence-corrected chi connectivity index (χ3v) is 4.68. The molecular formula is C8H14N2OS. The average molecular weight is 186 g/mol. The summed E-state index contributed by atoms with van der Waals surface area (Å²) in [5.41, 5.74) is 0.0428. The Labute approximate surface area is 76.9 Å². The Hall–Kier alpha value is -0.380. The van der Waals surface area contributed by atoms with Crippen LogP contribution < -0.4 is 5.32 Å². The fourth-order valence-electron chi connectivity index (χ4n) is 2.03. The number of likely N-dealkylation sites (N-methyl/N-ethyl adjacent to an activating group) is 1. The van der Waals surface area contributed by atoms with Crippen molar-refractivity contribution in [3.8, 4) is 0 Å². The van der Waals surface area contributed by atoms with Gasteiger partial charge < -0.3 is 10.2 Å². The van der Waals surface area contributed by atoms with Crippen molar-refractivity contribution in [2.75, 3.05) is 12.8 Å². The molecule has 2 heterocycles. The van der Waals surface area contributed by atoms with Crippen LogP contribution in [0, 0.1) is 0 Å². The van der Waals surface area contributed by atoms with Crippen LogP contribution in [0.2, 0.25) is 0 Å². The largest absolute Gasteiger partial charge is 0.332 e. The van der Waals surface area contributed by atoms with E-state index in [1.54, 1.807) is 0 Å². The molecule has 0 aliphatic carbocycles. The van der Waals surface area contributed by atoms with Crippen LogP contribution in [0.25, 0.3) is 0 Å². The number of hydrogen-bond acceptors (Lipinski definition) is 2. The summed E-state index contributed by atoms with van der Waals surface area (Å²) >= 11 is 1.94. The lowest BCUT2D eigenvalue weighted by atomic mass is 9.94. The third kappa shape index (κ3) is 0.815. The summed E-state index contributed by atoms with van der Waals surface area (Å²) in [5, 5.41) is 3.57. The van der Waals surface area contributed by atoms with Crippen LogP contribution in [0.4, 0.5) is 4.79 Å². The number of nitrogens with zero attached hydrogens (tertiary/aromatic N) is 1. The van der Waals surface area contributed by atoms with E-state index in [1.165, 1.54) is 0 Å². The van der Waals surface area contributed by atoms with Gasteiger partial charge in [-0.15, -0.1) is 0 Å². The molecule has 2 aliphatic heterocycles. The van der Waals surface area contributed by atoms with Crippen molar-refractivity contribution >= 4 is 17.8 Å². The van der Waals surface area contributed by atoms with E-state index in [1.807, 2.05) is 23.7 Å². The topological polar surface area (TPSA) is 32.3 Å². The summed E-state index contributed by atoms with van der Waals surface area (Å²) in [6.45, 7) is 4.34. The highest BCUT2D eigenvalue weighted by atomic mass is 32.2. The smallest absolute Gasteiger partial charge is 0.318 e. The quantitative estimate of drug-likeness (QED) is 0.570. The molecule has 3 nitrogen and oxygen atoms in total. The van der Waals surface area contributed by atoms with Crippen molar-refractivity contribution in [1.29, 1.82) is 0 Å². The minimum Gasteiger partial charge on any atom is -0.332 e. The summed E-state index contributed by atoms with van der Waals surface area (Å²) in [5.74, 6) is 1.05. The number of rotatable bonds is 0. The number of amides is 2.